The molecule has 0 atom stereocenters. The Morgan fingerprint density at radius 3 is 2.50 bits per heavy atom. The first-order valence-electron chi connectivity index (χ1n) is 9.41. The molecule has 0 spiro atoms. The Morgan fingerprint density at radius 2 is 1.80 bits per heavy atom. The van der Waals surface area contributed by atoms with E-state index in [1.807, 2.05) is 54.6 Å². The fourth-order valence-electron chi connectivity index (χ4n) is 3.19. The number of H-pyrrole nitrogens is 1. The number of carbonyl (C=O) groups excluding carboxylic acids is 1. The summed E-state index contributed by atoms with van der Waals surface area (Å²) in [6.45, 7) is 1.93. The third kappa shape index (κ3) is 4.11. The van der Waals surface area contributed by atoms with Gasteiger partial charge < -0.3 is 14.5 Å². The maximum absolute atomic E-state index is 12.7. The number of methoxy groups -OCH3 is 1. The molecule has 0 aliphatic rings. The second-order valence-corrected chi connectivity index (χ2v) is 7.83. The summed E-state index contributed by atoms with van der Waals surface area (Å²) in [6, 6.07) is 17.0. The van der Waals surface area contributed by atoms with Crippen molar-refractivity contribution in [3.05, 3.63) is 92.3 Å². The van der Waals surface area contributed by atoms with Gasteiger partial charge in [0.2, 0.25) is 0 Å². The van der Waals surface area contributed by atoms with E-state index in [9.17, 15) is 9.59 Å². The number of carbonyl (C=O) groups is 1. The molecule has 6 nitrogen and oxygen atoms in total. The Morgan fingerprint density at radius 1 is 1.07 bits per heavy atom. The van der Waals surface area contributed by atoms with E-state index in [0.29, 0.717) is 32.9 Å². The maximum Gasteiger partial charge on any atom is 0.349 e. The van der Waals surface area contributed by atoms with E-state index in [1.54, 1.807) is 14.0 Å². The van der Waals surface area contributed by atoms with Crippen LogP contribution in [0.2, 0.25) is 0 Å². The topological polar surface area (TPSA) is 81.3 Å². The standard InChI is InChI=1S/C23H20N2O4S/c1-14-19-21(26)24-18(12-15-8-10-17(28-2)11-9-15)25-22(19)30-20(14)23(27)29-13-16-6-4-3-5-7-16/h3-11H,12-13H2,1-2H3,(H,24,25,26). The van der Waals surface area contributed by atoms with Crippen LogP contribution in [0.25, 0.3) is 10.2 Å². The zero-order chi connectivity index (χ0) is 21.1. The molecule has 2 heterocycles. The minimum Gasteiger partial charge on any atom is -0.497 e. The van der Waals surface area contributed by atoms with Crippen LogP contribution in [-0.2, 0) is 17.8 Å². The van der Waals surface area contributed by atoms with E-state index in [4.69, 9.17) is 9.47 Å². The minimum atomic E-state index is -0.449. The summed E-state index contributed by atoms with van der Waals surface area (Å²) in [4.78, 5) is 33.6. The summed E-state index contributed by atoms with van der Waals surface area (Å²) in [5.41, 5.74) is 2.24. The van der Waals surface area contributed by atoms with Gasteiger partial charge in [-0.25, -0.2) is 9.78 Å². The first-order chi connectivity index (χ1) is 14.5. The van der Waals surface area contributed by atoms with Crippen molar-refractivity contribution in [3.8, 4) is 5.75 Å². The van der Waals surface area contributed by atoms with Crippen molar-refractivity contribution in [1.29, 1.82) is 0 Å². The van der Waals surface area contributed by atoms with Crippen LogP contribution < -0.4 is 10.3 Å². The van der Waals surface area contributed by atoms with E-state index in [0.717, 1.165) is 16.9 Å². The number of hydrogen-bond acceptors (Lipinski definition) is 6. The Balaban J connectivity index is 1.58. The van der Waals surface area contributed by atoms with Gasteiger partial charge >= 0.3 is 5.97 Å². The van der Waals surface area contributed by atoms with Crippen LogP contribution in [0.5, 0.6) is 5.75 Å². The zero-order valence-electron chi connectivity index (χ0n) is 16.6. The number of fused-ring (bicyclic) bond motifs is 1. The number of nitrogens with zero attached hydrogens (tertiary/aromatic N) is 1. The summed E-state index contributed by atoms with van der Waals surface area (Å²) in [5.74, 6) is 0.863. The number of ether oxygens (including phenoxy) is 2. The van der Waals surface area contributed by atoms with Crippen LogP contribution in [0, 0.1) is 6.92 Å². The molecule has 0 aliphatic carbocycles. The van der Waals surface area contributed by atoms with Gasteiger partial charge in [-0.15, -0.1) is 11.3 Å². The monoisotopic (exact) mass is 420 g/mol. The number of aryl methyl sites for hydroxylation is 1. The van der Waals surface area contributed by atoms with Gasteiger partial charge in [0.15, 0.2) is 0 Å². The quantitative estimate of drug-likeness (QED) is 0.472. The fraction of sp³-hybridized carbons (Fsp3) is 0.174. The van der Waals surface area contributed by atoms with Crippen LogP contribution in [0.1, 0.15) is 32.2 Å². The predicted octanol–water partition coefficient (Wildman–Crippen LogP) is 4.25. The highest BCUT2D eigenvalue weighted by molar-refractivity contribution is 7.20. The normalized spacial score (nSPS) is 10.9. The summed E-state index contributed by atoms with van der Waals surface area (Å²) < 4.78 is 10.6. The number of rotatable bonds is 6. The molecule has 2 aromatic carbocycles. The van der Waals surface area contributed by atoms with Gasteiger partial charge in [0, 0.05) is 6.42 Å². The molecule has 0 saturated carbocycles. The molecule has 0 saturated heterocycles. The smallest absolute Gasteiger partial charge is 0.349 e. The van der Waals surface area contributed by atoms with Crippen molar-refractivity contribution in [1.82, 2.24) is 9.97 Å². The lowest BCUT2D eigenvalue weighted by Gasteiger charge is -2.04. The SMILES string of the molecule is COc1ccc(Cc2nc3sc(C(=O)OCc4ccccc4)c(C)c3c(=O)[nH]2)cc1. The van der Waals surface area contributed by atoms with Crippen molar-refractivity contribution >= 4 is 27.5 Å². The van der Waals surface area contributed by atoms with Gasteiger partial charge in [-0.1, -0.05) is 42.5 Å². The van der Waals surface area contributed by atoms with Crippen LogP contribution in [0.15, 0.2) is 59.4 Å². The van der Waals surface area contributed by atoms with Crippen molar-refractivity contribution < 1.29 is 14.3 Å². The number of hydrogen-bond donors (Lipinski definition) is 1. The molecule has 0 aliphatic heterocycles. The first-order valence-corrected chi connectivity index (χ1v) is 10.2. The maximum atomic E-state index is 12.7. The molecule has 0 bridgehead atoms. The van der Waals surface area contributed by atoms with Gasteiger partial charge in [0.25, 0.3) is 5.56 Å². The molecule has 0 unspecified atom stereocenters. The number of benzene rings is 2. The zero-order valence-corrected chi connectivity index (χ0v) is 17.4. The van der Waals surface area contributed by atoms with Crippen LogP contribution in [0.3, 0.4) is 0 Å². The summed E-state index contributed by atoms with van der Waals surface area (Å²) in [6.07, 6.45) is 0.472. The van der Waals surface area contributed by atoms with Gasteiger partial charge in [0.05, 0.1) is 12.5 Å². The number of aromatic amines is 1. The third-order valence-corrected chi connectivity index (χ3v) is 5.94. The molecule has 0 fully saturated rings. The second kappa shape index (κ2) is 8.51. The fourth-order valence-corrected chi connectivity index (χ4v) is 4.29. The number of nitrogens with one attached hydrogen (secondary N) is 1. The second-order valence-electron chi connectivity index (χ2n) is 6.84. The lowest BCUT2D eigenvalue weighted by atomic mass is 10.1. The lowest BCUT2D eigenvalue weighted by molar-refractivity contribution is 0.0478. The van der Waals surface area contributed by atoms with E-state index >= 15 is 0 Å². The third-order valence-electron chi connectivity index (χ3n) is 4.78. The van der Waals surface area contributed by atoms with Crippen LogP contribution in [0.4, 0.5) is 0 Å². The highest BCUT2D eigenvalue weighted by Gasteiger charge is 2.20. The minimum absolute atomic E-state index is 0.180. The molecule has 0 radical (unpaired) electrons. The Hall–Kier alpha value is -3.45. The summed E-state index contributed by atoms with van der Waals surface area (Å²) >= 11 is 1.19. The average Bonchev–Trinajstić information content (AvgIpc) is 3.10. The molecular formula is C23H20N2O4S. The summed E-state index contributed by atoms with van der Waals surface area (Å²) in [5, 5.41) is 0.435. The molecule has 1 N–H and O–H groups in total. The Kier molecular flexibility index (Phi) is 5.63. The molecule has 4 rings (SSSR count). The van der Waals surface area contributed by atoms with Gasteiger partial charge in [0.1, 0.15) is 27.9 Å². The highest BCUT2D eigenvalue weighted by atomic mass is 32.1. The first kappa shape index (κ1) is 19.8. The van der Waals surface area contributed by atoms with Gasteiger partial charge in [-0.2, -0.15) is 0 Å². The molecule has 7 heteroatoms. The van der Waals surface area contributed by atoms with Crippen LogP contribution >= 0.6 is 11.3 Å². The van der Waals surface area contributed by atoms with E-state index in [1.165, 1.54) is 11.3 Å². The van der Waals surface area contributed by atoms with Crippen molar-refractivity contribution in [2.24, 2.45) is 0 Å². The Labute approximate surface area is 177 Å². The number of aromatic nitrogens is 2. The average molecular weight is 420 g/mol. The summed E-state index contributed by atoms with van der Waals surface area (Å²) in [7, 11) is 1.61. The molecule has 2 aromatic heterocycles. The molecule has 4 aromatic rings. The van der Waals surface area contributed by atoms with Crippen molar-refractivity contribution in [3.63, 3.8) is 0 Å². The number of thiophene rings is 1. The van der Waals surface area contributed by atoms with Crippen LogP contribution in [-0.4, -0.2) is 23.0 Å². The van der Waals surface area contributed by atoms with E-state index < -0.39 is 5.97 Å². The number of esters is 1. The molecule has 0 amide bonds. The predicted molar refractivity (Wildman–Crippen MR) is 116 cm³/mol. The van der Waals surface area contributed by atoms with Gasteiger partial charge in [-0.05, 0) is 35.7 Å². The van der Waals surface area contributed by atoms with E-state index in [2.05, 4.69) is 9.97 Å². The van der Waals surface area contributed by atoms with Crippen molar-refractivity contribution in [2.75, 3.05) is 7.11 Å². The lowest BCUT2D eigenvalue weighted by Crippen LogP contribution is -2.12. The molecule has 30 heavy (non-hydrogen) atoms. The highest BCUT2D eigenvalue weighted by Crippen LogP contribution is 2.28. The van der Waals surface area contributed by atoms with Gasteiger partial charge in [-0.3, -0.25) is 4.79 Å². The Bertz CT molecular complexity index is 1240. The van der Waals surface area contributed by atoms with E-state index in [-0.39, 0.29) is 12.2 Å². The molecule has 152 valence electrons. The molecular weight excluding hydrogens is 400 g/mol. The van der Waals surface area contributed by atoms with Crippen molar-refractivity contribution in [2.45, 2.75) is 20.0 Å². The largest absolute Gasteiger partial charge is 0.497 e.